The van der Waals surface area contributed by atoms with Crippen molar-refractivity contribution in [1.29, 1.82) is 0 Å². The van der Waals surface area contributed by atoms with E-state index >= 15 is 0 Å². The maximum absolute atomic E-state index is 13.4. The molecular weight excluding hydrogens is 396 g/mol. The highest BCUT2D eigenvalue weighted by Gasteiger charge is 2.20. The minimum Gasteiger partial charge on any atom is -0.295 e. The number of fused-ring (bicyclic) bond motifs is 1. The van der Waals surface area contributed by atoms with Crippen molar-refractivity contribution in [1.82, 2.24) is 19.6 Å². The van der Waals surface area contributed by atoms with Gasteiger partial charge in [-0.25, -0.2) is 9.36 Å². The molecule has 0 saturated carbocycles. The van der Waals surface area contributed by atoms with Gasteiger partial charge in [-0.15, -0.1) is 0 Å². The molecule has 0 aliphatic rings. The molecule has 0 unspecified atom stereocenters. The Bertz CT molecular complexity index is 1440. The Kier molecular flexibility index (Phi) is 4.33. The molecule has 148 valence electrons. The Morgan fingerprint density at radius 3 is 2.47 bits per heavy atom. The average Bonchev–Trinajstić information content (AvgIpc) is 3.26. The van der Waals surface area contributed by atoms with Crippen LogP contribution >= 0.6 is 11.6 Å². The number of hydrogen-bond donors (Lipinski definition) is 1. The van der Waals surface area contributed by atoms with Gasteiger partial charge in [-0.3, -0.25) is 9.89 Å². The highest BCUT2D eigenvalue weighted by Crippen LogP contribution is 2.28. The molecule has 1 N–H and O–H groups in total. The zero-order valence-corrected chi connectivity index (χ0v) is 17.3. The summed E-state index contributed by atoms with van der Waals surface area (Å²) in [5.74, 6) is 0. The fourth-order valence-corrected chi connectivity index (χ4v) is 4.00. The summed E-state index contributed by atoms with van der Waals surface area (Å²) in [6, 6.07) is 23.4. The summed E-state index contributed by atoms with van der Waals surface area (Å²) in [6.07, 6.45) is 0. The van der Waals surface area contributed by atoms with Crippen LogP contribution in [0.1, 0.15) is 11.4 Å². The van der Waals surface area contributed by atoms with Crippen molar-refractivity contribution < 1.29 is 0 Å². The van der Waals surface area contributed by atoms with Crippen molar-refractivity contribution in [2.24, 2.45) is 0 Å². The van der Waals surface area contributed by atoms with Crippen LogP contribution in [0.15, 0.2) is 77.6 Å². The third-order valence-corrected chi connectivity index (χ3v) is 5.49. The van der Waals surface area contributed by atoms with E-state index in [1.54, 1.807) is 12.1 Å². The molecule has 6 heteroatoms. The van der Waals surface area contributed by atoms with Crippen molar-refractivity contribution >= 4 is 22.4 Å². The molecule has 3 aromatic carbocycles. The standard InChI is InChI=1S/C24H19ClN4O/c1-15-14-22(29(26-15)21-9-5-7-17-6-3-4-8-20(17)21)23-16(2)27-28(24(23)30)19-12-10-18(25)11-13-19/h3-14,27H,1-2H3. The van der Waals surface area contributed by atoms with E-state index in [0.29, 0.717) is 10.6 Å². The lowest BCUT2D eigenvalue weighted by atomic mass is 10.1. The number of aryl methyl sites for hydroxylation is 2. The molecule has 5 nitrogen and oxygen atoms in total. The van der Waals surface area contributed by atoms with Gasteiger partial charge >= 0.3 is 0 Å². The van der Waals surface area contributed by atoms with Crippen LogP contribution in [0.3, 0.4) is 0 Å². The number of nitrogens with one attached hydrogen (secondary N) is 1. The van der Waals surface area contributed by atoms with Gasteiger partial charge in [0, 0.05) is 16.1 Å². The van der Waals surface area contributed by atoms with Crippen LogP contribution in [-0.2, 0) is 0 Å². The van der Waals surface area contributed by atoms with Crippen molar-refractivity contribution in [3.63, 3.8) is 0 Å². The van der Waals surface area contributed by atoms with Gasteiger partial charge in [0.05, 0.1) is 28.3 Å². The molecule has 0 spiro atoms. The van der Waals surface area contributed by atoms with Gasteiger partial charge in [0.1, 0.15) is 0 Å². The summed E-state index contributed by atoms with van der Waals surface area (Å²) in [5.41, 5.74) is 4.51. The molecular formula is C24H19ClN4O. The summed E-state index contributed by atoms with van der Waals surface area (Å²) >= 11 is 6.00. The smallest absolute Gasteiger partial charge is 0.280 e. The number of halogens is 1. The SMILES string of the molecule is Cc1cc(-c2c(C)[nH]n(-c3ccc(Cl)cc3)c2=O)n(-c2cccc3ccccc23)n1. The van der Waals surface area contributed by atoms with E-state index < -0.39 is 0 Å². The van der Waals surface area contributed by atoms with E-state index in [2.05, 4.69) is 23.3 Å². The van der Waals surface area contributed by atoms with Crippen LogP contribution < -0.4 is 5.56 Å². The van der Waals surface area contributed by atoms with Gasteiger partial charge in [-0.2, -0.15) is 5.10 Å². The van der Waals surface area contributed by atoms with E-state index in [1.807, 2.05) is 61.0 Å². The molecule has 0 saturated heterocycles. The van der Waals surface area contributed by atoms with Gasteiger partial charge in [-0.1, -0.05) is 48.0 Å². The Labute approximate surface area is 178 Å². The van der Waals surface area contributed by atoms with Crippen molar-refractivity contribution in [3.05, 3.63) is 99.6 Å². The second kappa shape index (κ2) is 7.04. The van der Waals surface area contributed by atoms with E-state index in [9.17, 15) is 4.79 Å². The monoisotopic (exact) mass is 414 g/mol. The van der Waals surface area contributed by atoms with Crippen LogP contribution in [0.2, 0.25) is 5.02 Å². The van der Waals surface area contributed by atoms with Crippen LogP contribution in [-0.4, -0.2) is 19.6 Å². The second-order valence-electron chi connectivity index (χ2n) is 7.31. The van der Waals surface area contributed by atoms with Gasteiger partial charge in [0.15, 0.2) is 0 Å². The van der Waals surface area contributed by atoms with E-state index in [-0.39, 0.29) is 5.56 Å². The Balaban J connectivity index is 1.74. The number of rotatable bonds is 3. The zero-order valence-electron chi connectivity index (χ0n) is 16.6. The molecule has 2 aromatic heterocycles. The predicted octanol–water partition coefficient (Wildman–Crippen LogP) is 5.44. The molecule has 0 aliphatic heterocycles. The van der Waals surface area contributed by atoms with E-state index in [4.69, 9.17) is 16.7 Å². The van der Waals surface area contributed by atoms with Gasteiger partial charge in [0.2, 0.25) is 0 Å². The average molecular weight is 415 g/mol. The topological polar surface area (TPSA) is 55.6 Å². The molecule has 0 atom stereocenters. The number of benzene rings is 3. The molecule has 0 amide bonds. The molecule has 0 bridgehead atoms. The first-order valence-corrected chi connectivity index (χ1v) is 10.0. The van der Waals surface area contributed by atoms with Crippen LogP contribution in [0.25, 0.3) is 33.4 Å². The largest absolute Gasteiger partial charge is 0.295 e. The molecule has 0 fully saturated rings. The van der Waals surface area contributed by atoms with Crippen LogP contribution in [0.4, 0.5) is 0 Å². The van der Waals surface area contributed by atoms with Crippen LogP contribution in [0.5, 0.6) is 0 Å². The third-order valence-electron chi connectivity index (χ3n) is 5.24. The number of aromatic amines is 1. The summed E-state index contributed by atoms with van der Waals surface area (Å²) in [4.78, 5) is 13.4. The van der Waals surface area contributed by atoms with E-state index in [0.717, 1.165) is 39.2 Å². The van der Waals surface area contributed by atoms with Crippen molar-refractivity contribution in [2.45, 2.75) is 13.8 Å². The lowest BCUT2D eigenvalue weighted by Gasteiger charge is -2.10. The Morgan fingerprint density at radius 2 is 1.67 bits per heavy atom. The minimum atomic E-state index is -0.129. The molecule has 5 rings (SSSR count). The maximum atomic E-state index is 13.4. The maximum Gasteiger partial charge on any atom is 0.280 e. The van der Waals surface area contributed by atoms with E-state index in [1.165, 1.54) is 4.68 Å². The fraction of sp³-hybridized carbons (Fsp3) is 0.0833. The van der Waals surface area contributed by atoms with Gasteiger partial charge in [-0.05, 0) is 55.6 Å². The predicted molar refractivity (Wildman–Crippen MR) is 121 cm³/mol. The molecule has 0 aliphatic carbocycles. The highest BCUT2D eigenvalue weighted by molar-refractivity contribution is 6.30. The lowest BCUT2D eigenvalue weighted by molar-refractivity contribution is 0.835. The normalized spacial score (nSPS) is 11.3. The minimum absolute atomic E-state index is 0.129. The number of H-pyrrole nitrogens is 1. The van der Waals surface area contributed by atoms with Gasteiger partial charge in [0.25, 0.3) is 5.56 Å². The van der Waals surface area contributed by atoms with Crippen LogP contribution in [0, 0.1) is 13.8 Å². The van der Waals surface area contributed by atoms with Crippen molar-refractivity contribution in [3.8, 4) is 22.6 Å². The fourth-order valence-electron chi connectivity index (χ4n) is 3.87. The third kappa shape index (κ3) is 2.95. The number of hydrogen-bond acceptors (Lipinski definition) is 2. The summed E-state index contributed by atoms with van der Waals surface area (Å²) in [5, 5.41) is 10.7. The summed E-state index contributed by atoms with van der Waals surface area (Å²) < 4.78 is 3.40. The van der Waals surface area contributed by atoms with Gasteiger partial charge < -0.3 is 0 Å². The lowest BCUT2D eigenvalue weighted by Crippen LogP contribution is -2.16. The quantitative estimate of drug-likeness (QED) is 0.427. The van der Waals surface area contributed by atoms with Crippen molar-refractivity contribution in [2.75, 3.05) is 0 Å². The summed E-state index contributed by atoms with van der Waals surface area (Å²) in [7, 11) is 0. The second-order valence-corrected chi connectivity index (χ2v) is 7.75. The Morgan fingerprint density at radius 1 is 0.933 bits per heavy atom. The molecule has 2 heterocycles. The first kappa shape index (κ1) is 18.5. The first-order chi connectivity index (χ1) is 14.5. The highest BCUT2D eigenvalue weighted by atomic mass is 35.5. The number of aromatic nitrogens is 4. The summed E-state index contributed by atoms with van der Waals surface area (Å²) in [6.45, 7) is 3.84. The number of nitrogens with zero attached hydrogens (tertiary/aromatic N) is 3. The molecule has 30 heavy (non-hydrogen) atoms. The first-order valence-electron chi connectivity index (χ1n) is 9.65. The zero-order chi connectivity index (χ0) is 20.8. The Hall–Kier alpha value is -3.57. The molecule has 0 radical (unpaired) electrons. The molecule has 5 aromatic rings.